The number of unbranched alkanes of at least 4 members (excludes halogenated alkanes) is 4. The van der Waals surface area contributed by atoms with Gasteiger partial charge in [-0.2, -0.15) is 0 Å². The second-order valence-corrected chi connectivity index (χ2v) is 4.87. The SMILES string of the molecule is CCCCCCc1ccc(CCCCN)cc1. The summed E-state index contributed by atoms with van der Waals surface area (Å²) < 4.78 is 0. The average molecular weight is 233 g/mol. The average Bonchev–Trinajstić information content (AvgIpc) is 2.37. The molecule has 0 saturated carbocycles. The van der Waals surface area contributed by atoms with Crippen LogP contribution in [0.4, 0.5) is 0 Å². The Morgan fingerprint density at radius 2 is 1.29 bits per heavy atom. The maximum absolute atomic E-state index is 5.50. The molecular formula is C16H27N. The van der Waals surface area contributed by atoms with Crippen molar-refractivity contribution < 1.29 is 0 Å². The minimum Gasteiger partial charge on any atom is -0.330 e. The Kier molecular flexibility index (Phi) is 7.74. The zero-order chi connectivity index (χ0) is 12.3. The molecule has 0 spiro atoms. The van der Waals surface area contributed by atoms with Crippen LogP contribution in [0, 0.1) is 0 Å². The minimum atomic E-state index is 0.815. The van der Waals surface area contributed by atoms with Gasteiger partial charge in [-0.15, -0.1) is 0 Å². The zero-order valence-corrected chi connectivity index (χ0v) is 11.3. The highest BCUT2D eigenvalue weighted by atomic mass is 14.5. The van der Waals surface area contributed by atoms with Gasteiger partial charge in [0.05, 0.1) is 0 Å². The first kappa shape index (κ1) is 14.2. The molecular weight excluding hydrogens is 206 g/mol. The van der Waals surface area contributed by atoms with Gasteiger partial charge < -0.3 is 5.73 Å². The van der Waals surface area contributed by atoms with E-state index < -0.39 is 0 Å². The van der Waals surface area contributed by atoms with Crippen LogP contribution in [-0.2, 0) is 12.8 Å². The number of aryl methyl sites for hydroxylation is 2. The standard InChI is InChI=1S/C16H27N/c1-2-3-4-5-8-15-10-12-16(13-11-15)9-6-7-14-17/h10-13H,2-9,14,17H2,1H3. The van der Waals surface area contributed by atoms with E-state index in [1.807, 2.05) is 0 Å². The van der Waals surface area contributed by atoms with Crippen LogP contribution in [0.2, 0.25) is 0 Å². The molecule has 0 bridgehead atoms. The molecule has 0 atom stereocenters. The van der Waals surface area contributed by atoms with Crippen molar-refractivity contribution in [3.63, 3.8) is 0 Å². The molecule has 17 heavy (non-hydrogen) atoms. The lowest BCUT2D eigenvalue weighted by molar-refractivity contribution is 0.666. The van der Waals surface area contributed by atoms with Gasteiger partial charge in [-0.1, -0.05) is 50.5 Å². The summed E-state index contributed by atoms with van der Waals surface area (Å²) in [6.45, 7) is 3.08. The fourth-order valence-electron chi connectivity index (χ4n) is 2.10. The molecule has 1 rings (SSSR count). The van der Waals surface area contributed by atoms with E-state index in [-0.39, 0.29) is 0 Å². The van der Waals surface area contributed by atoms with Gasteiger partial charge in [-0.3, -0.25) is 0 Å². The Hall–Kier alpha value is -0.820. The molecule has 0 unspecified atom stereocenters. The van der Waals surface area contributed by atoms with Gasteiger partial charge in [0, 0.05) is 0 Å². The van der Waals surface area contributed by atoms with E-state index in [1.54, 1.807) is 0 Å². The Morgan fingerprint density at radius 1 is 0.765 bits per heavy atom. The molecule has 0 heterocycles. The number of rotatable bonds is 9. The molecule has 1 aromatic rings. The third-order valence-electron chi connectivity index (χ3n) is 3.26. The summed E-state index contributed by atoms with van der Waals surface area (Å²) in [5, 5.41) is 0. The highest BCUT2D eigenvalue weighted by Gasteiger charge is 1.96. The van der Waals surface area contributed by atoms with E-state index in [1.165, 1.54) is 56.1 Å². The molecule has 1 heteroatoms. The first-order valence-electron chi connectivity index (χ1n) is 7.14. The van der Waals surface area contributed by atoms with Crippen LogP contribution in [0.25, 0.3) is 0 Å². The molecule has 2 N–H and O–H groups in total. The van der Waals surface area contributed by atoms with Gasteiger partial charge in [0.15, 0.2) is 0 Å². The summed E-state index contributed by atoms with van der Waals surface area (Å²) in [5.74, 6) is 0. The maximum atomic E-state index is 5.50. The van der Waals surface area contributed by atoms with E-state index in [4.69, 9.17) is 5.73 Å². The lowest BCUT2D eigenvalue weighted by Crippen LogP contribution is -1.99. The number of hydrogen-bond acceptors (Lipinski definition) is 1. The number of hydrogen-bond donors (Lipinski definition) is 1. The zero-order valence-electron chi connectivity index (χ0n) is 11.3. The van der Waals surface area contributed by atoms with Crippen molar-refractivity contribution in [1.82, 2.24) is 0 Å². The van der Waals surface area contributed by atoms with Crippen molar-refractivity contribution in [2.45, 2.75) is 58.3 Å². The smallest absolute Gasteiger partial charge is 0.00772 e. The molecule has 0 amide bonds. The van der Waals surface area contributed by atoms with Gasteiger partial charge in [0.2, 0.25) is 0 Å². The van der Waals surface area contributed by atoms with Crippen molar-refractivity contribution in [2.24, 2.45) is 5.73 Å². The van der Waals surface area contributed by atoms with Crippen LogP contribution in [0.5, 0.6) is 0 Å². The van der Waals surface area contributed by atoms with Gasteiger partial charge in [-0.25, -0.2) is 0 Å². The van der Waals surface area contributed by atoms with Crippen molar-refractivity contribution in [2.75, 3.05) is 6.54 Å². The monoisotopic (exact) mass is 233 g/mol. The second kappa shape index (κ2) is 9.23. The first-order valence-corrected chi connectivity index (χ1v) is 7.14. The number of nitrogens with two attached hydrogens (primary N) is 1. The lowest BCUT2D eigenvalue weighted by Gasteiger charge is -2.04. The van der Waals surface area contributed by atoms with Crippen molar-refractivity contribution >= 4 is 0 Å². The van der Waals surface area contributed by atoms with E-state index in [9.17, 15) is 0 Å². The summed E-state index contributed by atoms with van der Waals surface area (Å²) >= 11 is 0. The van der Waals surface area contributed by atoms with Crippen molar-refractivity contribution in [1.29, 1.82) is 0 Å². The Labute approximate surface area is 106 Å². The molecule has 0 fully saturated rings. The largest absolute Gasteiger partial charge is 0.330 e. The Bertz CT molecular complexity index is 276. The topological polar surface area (TPSA) is 26.0 Å². The second-order valence-electron chi connectivity index (χ2n) is 4.87. The molecule has 0 aliphatic carbocycles. The van der Waals surface area contributed by atoms with Gasteiger partial charge in [0.1, 0.15) is 0 Å². The summed E-state index contributed by atoms with van der Waals surface area (Å²) in [5.41, 5.74) is 8.44. The summed E-state index contributed by atoms with van der Waals surface area (Å²) in [4.78, 5) is 0. The van der Waals surface area contributed by atoms with Crippen LogP contribution in [0.3, 0.4) is 0 Å². The van der Waals surface area contributed by atoms with Gasteiger partial charge in [-0.05, 0) is 49.8 Å². The highest BCUT2D eigenvalue weighted by molar-refractivity contribution is 5.22. The predicted octanol–water partition coefficient (Wildman–Crippen LogP) is 4.09. The van der Waals surface area contributed by atoms with E-state index in [0.29, 0.717) is 0 Å². The molecule has 0 aliphatic rings. The molecule has 0 radical (unpaired) electrons. The maximum Gasteiger partial charge on any atom is -0.00772 e. The van der Waals surface area contributed by atoms with Crippen LogP contribution in [0.1, 0.15) is 56.6 Å². The molecule has 96 valence electrons. The Balaban J connectivity index is 2.24. The first-order chi connectivity index (χ1) is 8.36. The van der Waals surface area contributed by atoms with Gasteiger partial charge >= 0.3 is 0 Å². The number of benzene rings is 1. The molecule has 0 aliphatic heterocycles. The highest BCUT2D eigenvalue weighted by Crippen LogP contribution is 2.11. The van der Waals surface area contributed by atoms with E-state index in [2.05, 4.69) is 31.2 Å². The van der Waals surface area contributed by atoms with Crippen molar-refractivity contribution in [3.05, 3.63) is 35.4 Å². The summed E-state index contributed by atoms with van der Waals surface area (Å²) in [7, 11) is 0. The fraction of sp³-hybridized carbons (Fsp3) is 0.625. The molecule has 0 aromatic heterocycles. The van der Waals surface area contributed by atoms with Gasteiger partial charge in [0.25, 0.3) is 0 Å². The van der Waals surface area contributed by atoms with Crippen LogP contribution in [0.15, 0.2) is 24.3 Å². The minimum absolute atomic E-state index is 0.815. The molecule has 1 nitrogen and oxygen atoms in total. The van der Waals surface area contributed by atoms with Crippen LogP contribution < -0.4 is 5.73 Å². The third-order valence-corrected chi connectivity index (χ3v) is 3.26. The molecule has 0 saturated heterocycles. The summed E-state index contributed by atoms with van der Waals surface area (Å²) in [6, 6.07) is 9.16. The quantitative estimate of drug-likeness (QED) is 0.639. The summed E-state index contributed by atoms with van der Waals surface area (Å²) in [6.07, 6.45) is 10.2. The third kappa shape index (κ3) is 6.48. The van der Waals surface area contributed by atoms with Crippen LogP contribution >= 0.6 is 0 Å². The molecule has 1 aromatic carbocycles. The van der Waals surface area contributed by atoms with E-state index >= 15 is 0 Å². The fourth-order valence-corrected chi connectivity index (χ4v) is 2.10. The van der Waals surface area contributed by atoms with Crippen LogP contribution in [-0.4, -0.2) is 6.54 Å². The predicted molar refractivity (Wildman–Crippen MR) is 76.3 cm³/mol. The Morgan fingerprint density at radius 3 is 1.76 bits per heavy atom. The lowest BCUT2D eigenvalue weighted by atomic mass is 10.0. The normalized spacial score (nSPS) is 10.7. The van der Waals surface area contributed by atoms with Crippen molar-refractivity contribution in [3.8, 4) is 0 Å². The van der Waals surface area contributed by atoms with E-state index in [0.717, 1.165) is 13.0 Å².